The number of likely N-dealkylation sites (N-methyl/N-ethyl adjacent to an activating group) is 2. The highest BCUT2D eigenvalue weighted by Gasteiger charge is 2.51. The van der Waals surface area contributed by atoms with Gasteiger partial charge in [0.15, 0.2) is 12.6 Å². The van der Waals surface area contributed by atoms with E-state index in [2.05, 4.69) is 10.6 Å². The molecule has 12 atom stereocenters. The third-order valence-electron chi connectivity index (χ3n) is 6.97. The van der Waals surface area contributed by atoms with Crippen molar-refractivity contribution >= 4 is 0 Å². The highest BCUT2D eigenvalue weighted by molar-refractivity contribution is 5.02. The number of nitrogens with one attached hydrogen (secondary N) is 2. The molecule has 11 N–H and O–H groups in total. The molecule has 2 heterocycles. The molecule has 12 unspecified atom stereocenters. The maximum absolute atomic E-state index is 11.3. The summed E-state index contributed by atoms with van der Waals surface area (Å²) in [6, 6.07) is -1.84. The number of hydrogen-bond donors (Lipinski definition) is 8. The first-order chi connectivity index (χ1) is 15.6. The number of hydrogen-bond acceptors (Lipinski definition) is 12. The van der Waals surface area contributed by atoms with Gasteiger partial charge in [0.05, 0.1) is 24.8 Å². The summed E-state index contributed by atoms with van der Waals surface area (Å²) in [6.45, 7) is 4.47. The van der Waals surface area contributed by atoms with Gasteiger partial charge in [-0.3, -0.25) is 0 Å². The van der Waals surface area contributed by atoms with E-state index in [1.54, 1.807) is 14.0 Å². The first kappa shape index (κ1) is 29.7. The Balaban J connectivity index is 0.00000408. The Morgan fingerprint density at radius 1 is 1.06 bits per heavy atom. The summed E-state index contributed by atoms with van der Waals surface area (Å²) in [7, 11) is 1.65. The lowest BCUT2D eigenvalue weighted by molar-refractivity contribution is -0.308. The van der Waals surface area contributed by atoms with E-state index in [0.29, 0.717) is 25.9 Å². The van der Waals surface area contributed by atoms with Crippen LogP contribution in [0.4, 0.5) is 0 Å². The molecule has 12 heteroatoms. The molecule has 2 aliphatic heterocycles. The van der Waals surface area contributed by atoms with Crippen LogP contribution in [0.25, 0.3) is 0 Å². The highest BCUT2D eigenvalue weighted by atomic mass is 16.7. The van der Waals surface area contributed by atoms with Crippen molar-refractivity contribution in [1.82, 2.24) is 10.6 Å². The van der Waals surface area contributed by atoms with Crippen LogP contribution in [0, 0.1) is 0 Å². The first-order valence-corrected chi connectivity index (χ1v) is 11.9. The molecule has 0 bridgehead atoms. The fourth-order valence-corrected chi connectivity index (χ4v) is 5.11. The molecule has 2 saturated heterocycles. The SMILES string of the molecule is C.CCNC1CC(N)C(OC2OC(CN)CCC2N)C(O)C1OC1OCC(C)(O)C(NC)C1O. The lowest BCUT2D eigenvalue weighted by Gasteiger charge is -2.49. The van der Waals surface area contributed by atoms with Gasteiger partial charge in [-0.1, -0.05) is 14.4 Å². The van der Waals surface area contributed by atoms with Crippen LogP contribution < -0.4 is 27.8 Å². The number of nitrogens with two attached hydrogens (primary N) is 3. The molecule has 202 valence electrons. The van der Waals surface area contributed by atoms with E-state index in [4.69, 9.17) is 36.1 Å². The van der Waals surface area contributed by atoms with Gasteiger partial charge in [-0.15, -0.1) is 0 Å². The molecule has 1 saturated carbocycles. The Bertz CT molecular complexity index is 618. The van der Waals surface area contributed by atoms with Crippen LogP contribution in [0.5, 0.6) is 0 Å². The smallest absolute Gasteiger partial charge is 0.185 e. The van der Waals surface area contributed by atoms with E-state index in [9.17, 15) is 15.3 Å². The van der Waals surface area contributed by atoms with Crippen LogP contribution in [0.3, 0.4) is 0 Å². The predicted molar refractivity (Wildman–Crippen MR) is 127 cm³/mol. The third kappa shape index (κ3) is 6.44. The largest absolute Gasteiger partial charge is 0.388 e. The van der Waals surface area contributed by atoms with Crippen LogP contribution in [0.1, 0.15) is 40.5 Å². The first-order valence-electron chi connectivity index (χ1n) is 11.9. The van der Waals surface area contributed by atoms with Crippen molar-refractivity contribution in [2.45, 2.75) is 113 Å². The van der Waals surface area contributed by atoms with Gasteiger partial charge < -0.3 is 62.1 Å². The molecular weight excluding hydrogens is 446 g/mol. The van der Waals surface area contributed by atoms with E-state index in [1.807, 2.05) is 6.92 Å². The van der Waals surface area contributed by atoms with Crippen molar-refractivity contribution < 1.29 is 34.3 Å². The number of aliphatic hydroxyl groups excluding tert-OH is 2. The van der Waals surface area contributed by atoms with E-state index in [-0.39, 0.29) is 32.2 Å². The van der Waals surface area contributed by atoms with Gasteiger partial charge in [0, 0.05) is 18.6 Å². The number of ether oxygens (including phenoxy) is 4. The van der Waals surface area contributed by atoms with Gasteiger partial charge in [0.2, 0.25) is 0 Å². The fourth-order valence-electron chi connectivity index (χ4n) is 5.11. The number of rotatable bonds is 8. The summed E-state index contributed by atoms with van der Waals surface area (Å²) in [4.78, 5) is 0. The second kappa shape index (κ2) is 12.7. The molecule has 3 rings (SSSR count). The molecule has 0 aromatic carbocycles. The summed E-state index contributed by atoms with van der Waals surface area (Å²) >= 11 is 0. The summed E-state index contributed by atoms with van der Waals surface area (Å²) in [6.07, 6.45) is -3.97. The zero-order valence-corrected chi connectivity index (χ0v) is 19.8. The zero-order valence-electron chi connectivity index (χ0n) is 19.8. The summed E-state index contributed by atoms with van der Waals surface area (Å²) in [5.74, 6) is 0. The molecule has 3 aliphatic rings. The van der Waals surface area contributed by atoms with Crippen LogP contribution in [-0.4, -0.2) is 115 Å². The van der Waals surface area contributed by atoms with Crippen LogP contribution in [-0.2, 0) is 18.9 Å². The van der Waals surface area contributed by atoms with Gasteiger partial charge in [-0.25, -0.2) is 0 Å². The summed E-state index contributed by atoms with van der Waals surface area (Å²) in [5.41, 5.74) is 17.1. The van der Waals surface area contributed by atoms with Crippen molar-refractivity contribution in [2.75, 3.05) is 26.7 Å². The van der Waals surface area contributed by atoms with Crippen LogP contribution in [0.15, 0.2) is 0 Å². The summed E-state index contributed by atoms with van der Waals surface area (Å²) in [5, 5.41) is 38.8. The van der Waals surface area contributed by atoms with Crippen molar-refractivity contribution in [3.63, 3.8) is 0 Å². The quantitative estimate of drug-likeness (QED) is 0.174. The second-order valence-electron chi connectivity index (χ2n) is 9.65. The number of aliphatic hydroxyl groups is 3. The molecule has 0 amide bonds. The highest BCUT2D eigenvalue weighted by Crippen LogP contribution is 2.32. The molecule has 1 aliphatic carbocycles. The molecule has 12 nitrogen and oxygen atoms in total. The average Bonchev–Trinajstić information content (AvgIpc) is 2.76. The minimum atomic E-state index is -1.28. The molecule has 3 fully saturated rings. The minimum Gasteiger partial charge on any atom is -0.388 e. The molecule has 0 spiro atoms. The lowest BCUT2D eigenvalue weighted by Crippen LogP contribution is -2.69. The molecule has 0 aromatic heterocycles. The monoisotopic (exact) mass is 493 g/mol. The van der Waals surface area contributed by atoms with E-state index in [1.165, 1.54) is 0 Å². The third-order valence-corrected chi connectivity index (χ3v) is 6.97. The van der Waals surface area contributed by atoms with Crippen LogP contribution >= 0.6 is 0 Å². The Hall–Kier alpha value is -0.480. The summed E-state index contributed by atoms with van der Waals surface area (Å²) < 4.78 is 23.7. The Morgan fingerprint density at radius 2 is 1.74 bits per heavy atom. The van der Waals surface area contributed by atoms with Crippen molar-refractivity contribution in [3.05, 3.63) is 0 Å². The van der Waals surface area contributed by atoms with Gasteiger partial charge >= 0.3 is 0 Å². The minimum absolute atomic E-state index is 0. The Labute approximate surface area is 202 Å². The normalized spacial score (nSPS) is 47.7. The topological polar surface area (TPSA) is 200 Å². The van der Waals surface area contributed by atoms with Gasteiger partial charge in [0.1, 0.15) is 30.0 Å². The maximum Gasteiger partial charge on any atom is 0.185 e. The van der Waals surface area contributed by atoms with Crippen molar-refractivity contribution in [1.29, 1.82) is 0 Å². The molecule has 34 heavy (non-hydrogen) atoms. The molecular formula is C22H47N5O7. The van der Waals surface area contributed by atoms with Crippen molar-refractivity contribution in [2.24, 2.45) is 17.2 Å². The van der Waals surface area contributed by atoms with Gasteiger partial charge in [-0.2, -0.15) is 0 Å². The zero-order chi connectivity index (χ0) is 24.3. The van der Waals surface area contributed by atoms with Gasteiger partial charge in [-0.05, 0) is 39.8 Å². The second-order valence-corrected chi connectivity index (χ2v) is 9.65. The van der Waals surface area contributed by atoms with E-state index >= 15 is 0 Å². The maximum atomic E-state index is 11.3. The lowest BCUT2D eigenvalue weighted by atomic mass is 9.83. The average molecular weight is 494 g/mol. The van der Waals surface area contributed by atoms with Gasteiger partial charge in [0.25, 0.3) is 0 Å². The standard InChI is InChI=1S/C21H43N5O7.CH4/c1-4-26-13-7-12(24)16(32-19-11(23)6-5-10(8-22)31-19)14(27)17(13)33-20-15(28)18(25-3)21(2,29)9-30-20;/h10-20,25-29H,4-9,22-24H2,1-3H3;1H4. The van der Waals surface area contributed by atoms with Crippen molar-refractivity contribution in [3.8, 4) is 0 Å². The Morgan fingerprint density at radius 3 is 2.35 bits per heavy atom. The fraction of sp³-hybridized carbons (Fsp3) is 1.00. The predicted octanol–water partition coefficient (Wildman–Crippen LogP) is -2.69. The van der Waals surface area contributed by atoms with E-state index < -0.39 is 54.7 Å². The molecule has 0 aromatic rings. The van der Waals surface area contributed by atoms with Crippen LogP contribution in [0.2, 0.25) is 0 Å². The Kier molecular flexibility index (Phi) is 11.1. The molecule has 0 radical (unpaired) electrons. The van der Waals surface area contributed by atoms with E-state index in [0.717, 1.165) is 6.42 Å².